The average molecular weight is 175 g/mol. The van der Waals surface area contributed by atoms with Crippen molar-refractivity contribution in [3.05, 3.63) is 29.3 Å². The van der Waals surface area contributed by atoms with Crippen molar-refractivity contribution >= 4 is 5.69 Å². The van der Waals surface area contributed by atoms with E-state index < -0.39 is 0 Å². The Morgan fingerprint density at radius 1 is 1.38 bits per heavy atom. The van der Waals surface area contributed by atoms with E-state index >= 15 is 0 Å². The largest absolute Gasteiger partial charge is 0.385 e. The second-order valence-electron chi connectivity index (χ2n) is 3.88. The maximum absolute atomic E-state index is 3.33. The van der Waals surface area contributed by atoms with Crippen molar-refractivity contribution in [1.82, 2.24) is 0 Å². The summed E-state index contributed by atoms with van der Waals surface area (Å²) in [6.07, 6.45) is 2.78. The predicted molar refractivity (Wildman–Crippen MR) is 57.3 cm³/mol. The summed E-state index contributed by atoms with van der Waals surface area (Å²) in [6, 6.07) is 6.74. The zero-order valence-corrected chi connectivity index (χ0v) is 8.43. The molecule has 1 aliphatic rings. The highest BCUT2D eigenvalue weighted by Crippen LogP contribution is 2.41. The van der Waals surface area contributed by atoms with Crippen LogP contribution in [0.25, 0.3) is 0 Å². The minimum absolute atomic E-state index is 0.871. The fourth-order valence-corrected chi connectivity index (χ4v) is 1.84. The fourth-order valence-electron chi connectivity index (χ4n) is 1.84. The van der Waals surface area contributed by atoms with Crippen molar-refractivity contribution in [1.29, 1.82) is 0 Å². The number of anilines is 1. The van der Waals surface area contributed by atoms with E-state index in [1.165, 1.54) is 24.1 Å². The SMILES string of the molecule is CCNc1ccc(C2CC2)c(C)c1. The lowest BCUT2D eigenvalue weighted by Crippen LogP contribution is -1.97. The van der Waals surface area contributed by atoms with Crippen LogP contribution in [0.2, 0.25) is 0 Å². The van der Waals surface area contributed by atoms with Gasteiger partial charge in [-0.15, -0.1) is 0 Å². The van der Waals surface area contributed by atoms with Gasteiger partial charge in [-0.25, -0.2) is 0 Å². The molecule has 0 atom stereocenters. The number of hydrogen-bond acceptors (Lipinski definition) is 1. The monoisotopic (exact) mass is 175 g/mol. The molecule has 13 heavy (non-hydrogen) atoms. The quantitative estimate of drug-likeness (QED) is 0.743. The van der Waals surface area contributed by atoms with E-state index in [1.807, 2.05) is 0 Å². The Labute approximate surface area is 80.2 Å². The molecule has 1 aromatic rings. The molecular formula is C12H17N. The van der Waals surface area contributed by atoms with Crippen molar-refractivity contribution in [3.8, 4) is 0 Å². The molecule has 1 aromatic carbocycles. The Bertz CT molecular complexity index is 300. The number of hydrogen-bond donors (Lipinski definition) is 1. The fraction of sp³-hybridized carbons (Fsp3) is 0.500. The van der Waals surface area contributed by atoms with Crippen LogP contribution in [-0.2, 0) is 0 Å². The van der Waals surface area contributed by atoms with Gasteiger partial charge in [0.1, 0.15) is 0 Å². The van der Waals surface area contributed by atoms with Crippen LogP contribution in [0.5, 0.6) is 0 Å². The van der Waals surface area contributed by atoms with Gasteiger partial charge in [-0.2, -0.15) is 0 Å². The van der Waals surface area contributed by atoms with Gasteiger partial charge in [0.2, 0.25) is 0 Å². The Morgan fingerprint density at radius 3 is 2.69 bits per heavy atom. The van der Waals surface area contributed by atoms with Gasteiger partial charge in [0, 0.05) is 12.2 Å². The molecule has 0 aromatic heterocycles. The van der Waals surface area contributed by atoms with Crippen molar-refractivity contribution in [2.24, 2.45) is 0 Å². The first kappa shape index (κ1) is 8.61. The lowest BCUT2D eigenvalue weighted by Gasteiger charge is -2.08. The molecule has 1 fully saturated rings. The number of rotatable bonds is 3. The third-order valence-corrected chi connectivity index (χ3v) is 2.67. The first-order valence-electron chi connectivity index (χ1n) is 5.15. The van der Waals surface area contributed by atoms with Gasteiger partial charge in [-0.05, 0) is 55.9 Å². The van der Waals surface area contributed by atoms with E-state index in [1.54, 1.807) is 5.56 Å². The molecule has 2 rings (SSSR count). The van der Waals surface area contributed by atoms with Gasteiger partial charge in [0.15, 0.2) is 0 Å². The molecule has 0 amide bonds. The van der Waals surface area contributed by atoms with Crippen LogP contribution in [0.3, 0.4) is 0 Å². The molecule has 1 heteroatoms. The minimum Gasteiger partial charge on any atom is -0.385 e. The Kier molecular flexibility index (Phi) is 2.26. The average Bonchev–Trinajstić information content (AvgIpc) is 2.88. The highest BCUT2D eigenvalue weighted by molar-refractivity contribution is 5.49. The lowest BCUT2D eigenvalue weighted by atomic mass is 10.0. The molecule has 0 unspecified atom stereocenters. The predicted octanol–water partition coefficient (Wildman–Crippen LogP) is 3.30. The third kappa shape index (κ3) is 1.85. The zero-order valence-electron chi connectivity index (χ0n) is 8.43. The molecule has 0 bridgehead atoms. The van der Waals surface area contributed by atoms with E-state index in [0.717, 1.165) is 12.5 Å². The summed E-state index contributed by atoms with van der Waals surface area (Å²) in [4.78, 5) is 0. The topological polar surface area (TPSA) is 12.0 Å². The summed E-state index contributed by atoms with van der Waals surface area (Å²) < 4.78 is 0. The van der Waals surface area contributed by atoms with Crippen LogP contribution in [0.15, 0.2) is 18.2 Å². The van der Waals surface area contributed by atoms with Crippen LogP contribution in [0.1, 0.15) is 36.8 Å². The van der Waals surface area contributed by atoms with Crippen LogP contribution in [-0.4, -0.2) is 6.54 Å². The summed E-state index contributed by atoms with van der Waals surface area (Å²) in [5.41, 5.74) is 4.26. The lowest BCUT2D eigenvalue weighted by molar-refractivity contribution is 1.09. The van der Waals surface area contributed by atoms with Crippen LogP contribution in [0.4, 0.5) is 5.69 Å². The summed E-state index contributed by atoms with van der Waals surface area (Å²) >= 11 is 0. The van der Waals surface area contributed by atoms with Gasteiger partial charge >= 0.3 is 0 Å². The molecule has 1 N–H and O–H groups in total. The smallest absolute Gasteiger partial charge is 0.0342 e. The molecule has 0 radical (unpaired) electrons. The number of nitrogens with one attached hydrogen (secondary N) is 1. The van der Waals surface area contributed by atoms with Crippen molar-refractivity contribution in [3.63, 3.8) is 0 Å². The maximum Gasteiger partial charge on any atom is 0.0342 e. The standard InChI is InChI=1S/C12H17N/c1-3-13-11-6-7-12(9(2)8-11)10-4-5-10/h6-8,10,13H,3-5H2,1-2H3. The molecular weight excluding hydrogens is 158 g/mol. The van der Waals surface area contributed by atoms with Gasteiger partial charge in [-0.3, -0.25) is 0 Å². The second-order valence-corrected chi connectivity index (χ2v) is 3.88. The Balaban J connectivity index is 2.21. The highest BCUT2D eigenvalue weighted by atomic mass is 14.8. The van der Waals surface area contributed by atoms with E-state index in [-0.39, 0.29) is 0 Å². The summed E-state index contributed by atoms with van der Waals surface area (Å²) in [5, 5.41) is 3.33. The van der Waals surface area contributed by atoms with Gasteiger partial charge < -0.3 is 5.32 Å². The van der Waals surface area contributed by atoms with E-state index in [9.17, 15) is 0 Å². The van der Waals surface area contributed by atoms with E-state index in [2.05, 4.69) is 37.4 Å². The summed E-state index contributed by atoms with van der Waals surface area (Å²) in [6.45, 7) is 5.35. The number of benzene rings is 1. The first-order valence-corrected chi connectivity index (χ1v) is 5.15. The zero-order chi connectivity index (χ0) is 9.26. The van der Waals surface area contributed by atoms with Gasteiger partial charge in [0.25, 0.3) is 0 Å². The van der Waals surface area contributed by atoms with E-state index in [0.29, 0.717) is 0 Å². The van der Waals surface area contributed by atoms with Crippen molar-refractivity contribution in [2.45, 2.75) is 32.6 Å². The molecule has 1 nitrogen and oxygen atoms in total. The molecule has 1 saturated carbocycles. The van der Waals surface area contributed by atoms with Gasteiger partial charge in [-0.1, -0.05) is 6.07 Å². The van der Waals surface area contributed by atoms with Gasteiger partial charge in [0.05, 0.1) is 0 Å². The maximum atomic E-state index is 3.33. The Hall–Kier alpha value is -0.980. The number of aryl methyl sites for hydroxylation is 1. The summed E-state index contributed by atoms with van der Waals surface area (Å²) in [7, 11) is 0. The van der Waals surface area contributed by atoms with E-state index in [4.69, 9.17) is 0 Å². The van der Waals surface area contributed by atoms with Crippen molar-refractivity contribution in [2.75, 3.05) is 11.9 Å². The van der Waals surface area contributed by atoms with Crippen molar-refractivity contribution < 1.29 is 0 Å². The molecule has 70 valence electrons. The highest BCUT2D eigenvalue weighted by Gasteiger charge is 2.24. The molecule has 0 spiro atoms. The normalized spacial score (nSPS) is 15.8. The molecule has 0 saturated heterocycles. The van der Waals surface area contributed by atoms with Crippen LogP contribution in [0, 0.1) is 6.92 Å². The molecule has 1 aliphatic carbocycles. The summed E-state index contributed by atoms with van der Waals surface area (Å²) in [5.74, 6) is 0.871. The molecule has 0 aliphatic heterocycles. The third-order valence-electron chi connectivity index (χ3n) is 2.67. The first-order chi connectivity index (χ1) is 6.31. The second kappa shape index (κ2) is 3.41. The molecule has 0 heterocycles. The Morgan fingerprint density at radius 2 is 2.15 bits per heavy atom. The van der Waals surface area contributed by atoms with Crippen LogP contribution >= 0.6 is 0 Å². The van der Waals surface area contributed by atoms with Crippen LogP contribution < -0.4 is 5.32 Å². The minimum atomic E-state index is 0.871.